The van der Waals surface area contributed by atoms with Crippen LogP contribution in [-0.4, -0.2) is 42.3 Å². The number of hydrogen-bond acceptors (Lipinski definition) is 3. The Balaban J connectivity index is 1.92. The lowest BCUT2D eigenvalue weighted by Gasteiger charge is -2.46. The summed E-state index contributed by atoms with van der Waals surface area (Å²) in [4.78, 5) is 2.50. The number of hydrogen-bond donors (Lipinski definition) is 1. The van der Waals surface area contributed by atoms with Crippen molar-refractivity contribution in [3.63, 3.8) is 0 Å². The van der Waals surface area contributed by atoms with E-state index in [0.29, 0.717) is 6.10 Å². The van der Waals surface area contributed by atoms with Crippen LogP contribution in [0.4, 0.5) is 0 Å². The van der Waals surface area contributed by atoms with E-state index in [2.05, 4.69) is 32.7 Å². The molecular formula is C16H32N2O. The zero-order valence-electron chi connectivity index (χ0n) is 13.2. The minimum atomic E-state index is 0.0719. The van der Waals surface area contributed by atoms with E-state index < -0.39 is 0 Å². The van der Waals surface area contributed by atoms with Crippen molar-refractivity contribution in [1.82, 2.24) is 4.90 Å². The zero-order chi connectivity index (χ0) is 14.1. The predicted molar refractivity (Wildman–Crippen MR) is 80.2 cm³/mol. The van der Waals surface area contributed by atoms with Gasteiger partial charge in [0.15, 0.2) is 0 Å². The molecule has 0 spiro atoms. The van der Waals surface area contributed by atoms with Crippen LogP contribution >= 0.6 is 0 Å². The highest BCUT2D eigenvalue weighted by atomic mass is 16.5. The molecule has 3 nitrogen and oxygen atoms in total. The second kappa shape index (κ2) is 5.71. The molecule has 2 fully saturated rings. The van der Waals surface area contributed by atoms with Crippen molar-refractivity contribution >= 4 is 0 Å². The van der Waals surface area contributed by atoms with E-state index in [9.17, 15) is 0 Å². The Morgan fingerprint density at radius 2 is 1.79 bits per heavy atom. The molecule has 1 aliphatic carbocycles. The minimum absolute atomic E-state index is 0.0719. The maximum atomic E-state index is 6.14. The van der Waals surface area contributed by atoms with Gasteiger partial charge in [0.2, 0.25) is 0 Å². The van der Waals surface area contributed by atoms with Crippen molar-refractivity contribution in [3.8, 4) is 0 Å². The lowest BCUT2D eigenvalue weighted by molar-refractivity contribution is -0.0454. The quantitative estimate of drug-likeness (QED) is 0.852. The summed E-state index contributed by atoms with van der Waals surface area (Å²) in [5.41, 5.74) is 6.43. The number of ether oxygens (including phenoxy) is 1. The van der Waals surface area contributed by atoms with E-state index >= 15 is 0 Å². The number of rotatable bonds is 4. The van der Waals surface area contributed by atoms with Gasteiger partial charge >= 0.3 is 0 Å². The van der Waals surface area contributed by atoms with Gasteiger partial charge in [-0.3, -0.25) is 4.90 Å². The fraction of sp³-hybridized carbons (Fsp3) is 1.00. The number of nitrogens with two attached hydrogens (primary N) is 1. The van der Waals surface area contributed by atoms with E-state index in [4.69, 9.17) is 10.5 Å². The molecule has 0 aromatic heterocycles. The molecule has 1 aliphatic heterocycles. The van der Waals surface area contributed by atoms with Crippen LogP contribution in [0, 0.1) is 5.92 Å². The Kier molecular flexibility index (Phi) is 4.59. The first-order chi connectivity index (χ1) is 8.87. The molecule has 112 valence electrons. The molecule has 1 heterocycles. The Hall–Kier alpha value is -0.120. The molecular weight excluding hydrogens is 236 g/mol. The van der Waals surface area contributed by atoms with E-state index in [1.807, 2.05) is 0 Å². The Labute approximate surface area is 118 Å². The van der Waals surface area contributed by atoms with E-state index in [0.717, 1.165) is 19.0 Å². The summed E-state index contributed by atoms with van der Waals surface area (Å²) in [6.07, 6.45) is 7.89. The van der Waals surface area contributed by atoms with Crippen LogP contribution in [-0.2, 0) is 4.74 Å². The van der Waals surface area contributed by atoms with Crippen LogP contribution in [0.25, 0.3) is 0 Å². The van der Waals surface area contributed by atoms with Crippen LogP contribution in [0.2, 0.25) is 0 Å². The molecule has 0 aromatic carbocycles. The summed E-state index contributed by atoms with van der Waals surface area (Å²) in [6.45, 7) is 8.59. The van der Waals surface area contributed by atoms with Gasteiger partial charge in [0.25, 0.3) is 0 Å². The van der Waals surface area contributed by atoms with Gasteiger partial charge in [0.05, 0.1) is 11.7 Å². The Bertz CT molecular complexity index is 295. The van der Waals surface area contributed by atoms with Crippen LogP contribution in [0.3, 0.4) is 0 Å². The standard InChI is InChI=1S/C16H32N2O/c1-13-5-9-16(12-17,10-6-13)18(4)11-14-7-8-15(2,3)19-14/h13-14H,5-12,17H2,1-4H3. The molecule has 2 aliphatic rings. The Morgan fingerprint density at radius 3 is 2.26 bits per heavy atom. The van der Waals surface area contributed by atoms with Crippen LogP contribution < -0.4 is 5.73 Å². The highest BCUT2D eigenvalue weighted by Gasteiger charge is 2.39. The fourth-order valence-corrected chi connectivity index (χ4v) is 3.75. The van der Waals surface area contributed by atoms with Crippen LogP contribution in [0.15, 0.2) is 0 Å². The fourth-order valence-electron chi connectivity index (χ4n) is 3.75. The van der Waals surface area contributed by atoms with Crippen LogP contribution in [0.5, 0.6) is 0 Å². The third kappa shape index (κ3) is 3.50. The maximum absolute atomic E-state index is 6.14. The third-order valence-electron chi connectivity index (χ3n) is 5.43. The lowest BCUT2D eigenvalue weighted by Crippen LogP contribution is -2.55. The van der Waals surface area contributed by atoms with Crippen molar-refractivity contribution in [3.05, 3.63) is 0 Å². The van der Waals surface area contributed by atoms with Crippen molar-refractivity contribution in [2.45, 2.75) is 76.5 Å². The largest absolute Gasteiger partial charge is 0.371 e. The molecule has 1 saturated heterocycles. The molecule has 19 heavy (non-hydrogen) atoms. The van der Waals surface area contributed by atoms with Gasteiger partial charge in [0.1, 0.15) is 0 Å². The summed E-state index contributed by atoms with van der Waals surface area (Å²) in [5, 5.41) is 0. The first-order valence-electron chi connectivity index (χ1n) is 7.96. The molecule has 0 amide bonds. The summed E-state index contributed by atoms with van der Waals surface area (Å²) >= 11 is 0. The second-order valence-electron chi connectivity index (χ2n) is 7.53. The molecule has 0 aromatic rings. The predicted octanol–water partition coefficient (Wildman–Crippen LogP) is 2.78. The molecule has 1 unspecified atom stereocenters. The number of likely N-dealkylation sites (N-methyl/N-ethyl adjacent to an activating group) is 1. The lowest BCUT2D eigenvalue weighted by atomic mass is 9.76. The topological polar surface area (TPSA) is 38.5 Å². The smallest absolute Gasteiger partial charge is 0.0710 e. The van der Waals surface area contributed by atoms with Gasteiger partial charge in [-0.15, -0.1) is 0 Å². The van der Waals surface area contributed by atoms with Gasteiger partial charge in [-0.2, -0.15) is 0 Å². The van der Waals surface area contributed by atoms with Gasteiger partial charge in [-0.25, -0.2) is 0 Å². The van der Waals surface area contributed by atoms with Gasteiger partial charge < -0.3 is 10.5 Å². The summed E-state index contributed by atoms with van der Waals surface area (Å²) in [5.74, 6) is 0.870. The molecule has 2 N–H and O–H groups in total. The second-order valence-corrected chi connectivity index (χ2v) is 7.53. The van der Waals surface area contributed by atoms with Gasteiger partial charge in [0, 0.05) is 18.6 Å². The maximum Gasteiger partial charge on any atom is 0.0710 e. The first-order valence-corrected chi connectivity index (χ1v) is 7.96. The minimum Gasteiger partial charge on any atom is -0.371 e. The molecule has 3 heteroatoms. The van der Waals surface area contributed by atoms with Crippen molar-refractivity contribution < 1.29 is 4.74 Å². The molecule has 0 radical (unpaired) electrons. The van der Waals surface area contributed by atoms with E-state index in [1.165, 1.54) is 38.5 Å². The van der Waals surface area contributed by atoms with E-state index in [1.54, 1.807) is 0 Å². The zero-order valence-corrected chi connectivity index (χ0v) is 13.2. The van der Waals surface area contributed by atoms with Crippen molar-refractivity contribution in [1.29, 1.82) is 0 Å². The molecule has 1 atom stereocenters. The average molecular weight is 268 g/mol. The first kappa shape index (κ1) is 15.3. The monoisotopic (exact) mass is 268 g/mol. The molecule has 2 rings (SSSR count). The highest BCUT2D eigenvalue weighted by molar-refractivity contribution is 4.95. The van der Waals surface area contributed by atoms with E-state index in [-0.39, 0.29) is 11.1 Å². The SMILES string of the molecule is CC1CCC(CN)(N(C)CC2CCC(C)(C)O2)CC1. The number of nitrogens with zero attached hydrogens (tertiary/aromatic N) is 1. The van der Waals surface area contributed by atoms with Crippen molar-refractivity contribution in [2.24, 2.45) is 11.7 Å². The highest BCUT2D eigenvalue weighted by Crippen LogP contribution is 2.37. The van der Waals surface area contributed by atoms with Crippen molar-refractivity contribution in [2.75, 3.05) is 20.1 Å². The summed E-state index contributed by atoms with van der Waals surface area (Å²) < 4.78 is 6.14. The normalized spacial score (nSPS) is 38.8. The van der Waals surface area contributed by atoms with Crippen LogP contribution in [0.1, 0.15) is 59.3 Å². The van der Waals surface area contributed by atoms with Gasteiger partial charge in [-0.05, 0) is 65.3 Å². The summed E-state index contributed by atoms with van der Waals surface area (Å²) in [7, 11) is 2.25. The summed E-state index contributed by atoms with van der Waals surface area (Å²) in [6, 6.07) is 0. The Morgan fingerprint density at radius 1 is 1.16 bits per heavy atom. The van der Waals surface area contributed by atoms with Gasteiger partial charge in [-0.1, -0.05) is 6.92 Å². The average Bonchev–Trinajstić information content (AvgIpc) is 2.70. The molecule has 1 saturated carbocycles. The molecule has 0 bridgehead atoms. The third-order valence-corrected chi connectivity index (χ3v) is 5.43.